The Morgan fingerprint density at radius 2 is 1.72 bits per heavy atom. The van der Waals surface area contributed by atoms with E-state index in [0.29, 0.717) is 16.6 Å². The number of rotatable bonds is 2. The molecule has 7 heteroatoms. The van der Waals surface area contributed by atoms with E-state index in [1.807, 2.05) is 24.3 Å². The van der Waals surface area contributed by atoms with Gasteiger partial charge in [0.05, 0.1) is 18.1 Å². The van der Waals surface area contributed by atoms with Gasteiger partial charge in [-0.1, -0.05) is 12.1 Å². The molecule has 3 aromatic rings. The lowest BCUT2D eigenvalue weighted by Gasteiger charge is -2.23. The van der Waals surface area contributed by atoms with Gasteiger partial charge in [-0.3, -0.25) is 4.79 Å². The van der Waals surface area contributed by atoms with E-state index in [0.717, 1.165) is 5.75 Å². The zero-order chi connectivity index (χ0) is 17.4. The van der Waals surface area contributed by atoms with Crippen molar-refractivity contribution in [1.82, 2.24) is 9.97 Å². The fraction of sp³-hybridized carbons (Fsp3) is 0.111. The Bertz CT molecular complexity index is 999. The lowest BCUT2D eigenvalue weighted by Crippen LogP contribution is -2.32. The summed E-state index contributed by atoms with van der Waals surface area (Å²) < 4.78 is 11.0. The average molecular weight is 334 g/mol. The van der Waals surface area contributed by atoms with Crippen LogP contribution in [0.5, 0.6) is 11.6 Å². The van der Waals surface area contributed by atoms with Crippen molar-refractivity contribution in [2.45, 2.75) is 6.92 Å². The number of hydrogen-bond donors (Lipinski definition) is 0. The van der Waals surface area contributed by atoms with Crippen molar-refractivity contribution in [3.63, 3.8) is 0 Å². The predicted octanol–water partition coefficient (Wildman–Crippen LogP) is 2.75. The van der Waals surface area contributed by atoms with Gasteiger partial charge >= 0.3 is 0 Å². The summed E-state index contributed by atoms with van der Waals surface area (Å²) in [5.74, 6) is 1.24. The highest BCUT2D eigenvalue weighted by molar-refractivity contribution is 6.03. The molecule has 1 aromatic heterocycles. The molecule has 0 saturated carbocycles. The van der Waals surface area contributed by atoms with Crippen molar-refractivity contribution in [1.29, 1.82) is 0 Å². The van der Waals surface area contributed by atoms with Crippen molar-refractivity contribution in [3.8, 4) is 11.6 Å². The molecule has 1 aliphatic rings. The smallest absolute Gasteiger partial charge is 0.267 e. The minimum absolute atomic E-state index is 0.245. The third-order valence-corrected chi connectivity index (χ3v) is 3.74. The summed E-state index contributed by atoms with van der Waals surface area (Å²) in [5, 5.41) is 5.50. The second kappa shape index (κ2) is 5.86. The first-order valence-corrected chi connectivity index (χ1v) is 7.64. The van der Waals surface area contributed by atoms with E-state index in [9.17, 15) is 4.79 Å². The van der Waals surface area contributed by atoms with Crippen LogP contribution >= 0.6 is 0 Å². The van der Waals surface area contributed by atoms with Crippen LogP contribution in [-0.2, 0) is 4.79 Å². The lowest BCUT2D eigenvalue weighted by molar-refractivity contribution is -0.116. The van der Waals surface area contributed by atoms with Gasteiger partial charge in [0.15, 0.2) is 0 Å². The summed E-state index contributed by atoms with van der Waals surface area (Å²) in [4.78, 5) is 21.0. The Hall–Kier alpha value is -3.48. The van der Waals surface area contributed by atoms with Gasteiger partial charge in [0.1, 0.15) is 5.75 Å². The van der Waals surface area contributed by atoms with Gasteiger partial charge in [0.25, 0.3) is 5.88 Å². The largest absolute Gasteiger partial charge is 0.497 e. The van der Waals surface area contributed by atoms with E-state index < -0.39 is 0 Å². The van der Waals surface area contributed by atoms with Crippen LogP contribution in [0.15, 0.2) is 53.6 Å². The number of carbonyl (C=O) groups is 1. The third-order valence-electron chi connectivity index (χ3n) is 3.74. The topological polar surface area (TPSA) is 76.9 Å². The normalized spacial score (nSPS) is 13.0. The molecule has 0 bridgehead atoms. The van der Waals surface area contributed by atoms with Crippen LogP contribution in [0.2, 0.25) is 0 Å². The molecule has 1 aliphatic heterocycles. The summed E-state index contributed by atoms with van der Waals surface area (Å²) in [6.07, 6.45) is 0. The van der Waals surface area contributed by atoms with Gasteiger partial charge in [0.2, 0.25) is 17.6 Å². The molecule has 0 unspecified atom stereocenters. The number of carbonyl (C=O) groups excluding carboxylic acids is 1. The quantitative estimate of drug-likeness (QED) is 0.720. The molecule has 0 radical (unpaired) electrons. The molecule has 2 aromatic carbocycles. The first-order valence-electron chi connectivity index (χ1n) is 7.64. The van der Waals surface area contributed by atoms with E-state index in [4.69, 9.17) is 9.47 Å². The number of para-hydroxylation sites is 2. The molecule has 0 spiro atoms. The molecular formula is C18H14N4O3. The van der Waals surface area contributed by atoms with Crippen LogP contribution in [0.4, 0.5) is 5.82 Å². The molecule has 0 N–H and O–H groups in total. The number of ether oxygens (including phenoxy) is 2. The number of hydrogen-bond acceptors (Lipinski definition) is 6. The maximum absolute atomic E-state index is 12.1. The molecule has 1 amide bonds. The Morgan fingerprint density at radius 1 is 1.04 bits per heavy atom. The number of benzene rings is 2. The van der Waals surface area contributed by atoms with Crippen LogP contribution in [-0.4, -0.2) is 28.9 Å². The monoisotopic (exact) mass is 334 g/mol. The first kappa shape index (κ1) is 15.1. The molecule has 25 heavy (non-hydrogen) atoms. The average Bonchev–Trinajstić information content (AvgIpc) is 2.65. The van der Waals surface area contributed by atoms with Gasteiger partial charge in [-0.25, -0.2) is 9.97 Å². The molecule has 4 rings (SSSR count). The first-order chi connectivity index (χ1) is 12.2. The van der Waals surface area contributed by atoms with Crippen LogP contribution in [0.25, 0.3) is 11.0 Å². The van der Waals surface area contributed by atoms with Gasteiger partial charge in [-0.2, -0.15) is 5.01 Å². The Labute approximate surface area is 143 Å². The van der Waals surface area contributed by atoms with Gasteiger partial charge in [0, 0.05) is 12.5 Å². The lowest BCUT2D eigenvalue weighted by atomic mass is 10.2. The number of fused-ring (bicyclic) bond motifs is 2. The molecule has 124 valence electrons. The molecule has 2 heterocycles. The summed E-state index contributed by atoms with van der Waals surface area (Å²) >= 11 is 0. The SMILES string of the molecule is COc1ccc(C2=NN(C(C)=O)c3nc4ccccc4nc3O2)cc1. The van der Waals surface area contributed by atoms with Crippen LogP contribution in [0, 0.1) is 0 Å². The molecule has 0 saturated heterocycles. The molecule has 0 fully saturated rings. The molecule has 0 aliphatic carbocycles. The maximum Gasteiger partial charge on any atom is 0.267 e. The van der Waals surface area contributed by atoms with Crippen molar-refractivity contribution in [3.05, 3.63) is 54.1 Å². The van der Waals surface area contributed by atoms with Crippen LogP contribution in [0.1, 0.15) is 12.5 Å². The molecule has 7 nitrogen and oxygen atoms in total. The standard InChI is InChI=1S/C18H14N4O3/c1-11(23)22-16-18(20-15-6-4-3-5-14(15)19-16)25-17(21-22)12-7-9-13(24-2)10-8-12/h3-10H,1-2H3. The number of aromatic nitrogens is 2. The van der Waals surface area contributed by atoms with Crippen molar-refractivity contribution >= 4 is 28.7 Å². The third kappa shape index (κ3) is 2.65. The minimum Gasteiger partial charge on any atom is -0.497 e. The van der Waals surface area contributed by atoms with E-state index >= 15 is 0 Å². The van der Waals surface area contributed by atoms with Crippen LogP contribution in [0.3, 0.4) is 0 Å². The Kier molecular flexibility index (Phi) is 3.53. The number of methoxy groups -OCH3 is 1. The van der Waals surface area contributed by atoms with E-state index in [1.54, 1.807) is 31.4 Å². The minimum atomic E-state index is -0.278. The fourth-order valence-corrected chi connectivity index (χ4v) is 2.50. The zero-order valence-corrected chi connectivity index (χ0v) is 13.6. The second-order valence-electron chi connectivity index (χ2n) is 5.41. The number of nitrogens with zero attached hydrogens (tertiary/aromatic N) is 4. The highest BCUT2D eigenvalue weighted by Gasteiger charge is 2.28. The highest BCUT2D eigenvalue weighted by atomic mass is 16.5. The van der Waals surface area contributed by atoms with E-state index in [-0.39, 0.29) is 23.5 Å². The maximum atomic E-state index is 12.1. The number of hydrazone groups is 1. The molecule has 0 atom stereocenters. The van der Waals surface area contributed by atoms with Crippen molar-refractivity contribution < 1.29 is 14.3 Å². The zero-order valence-electron chi connectivity index (χ0n) is 13.6. The summed E-state index contributed by atoms with van der Waals surface area (Å²) in [6.45, 7) is 1.42. The Balaban J connectivity index is 1.82. The van der Waals surface area contributed by atoms with Crippen molar-refractivity contribution in [2.24, 2.45) is 5.10 Å². The second-order valence-corrected chi connectivity index (χ2v) is 5.41. The van der Waals surface area contributed by atoms with Crippen LogP contribution < -0.4 is 14.5 Å². The summed E-state index contributed by atoms with van der Waals surface area (Å²) in [7, 11) is 1.60. The fourth-order valence-electron chi connectivity index (χ4n) is 2.50. The predicted molar refractivity (Wildman–Crippen MR) is 92.9 cm³/mol. The van der Waals surface area contributed by atoms with Gasteiger partial charge in [-0.15, -0.1) is 5.10 Å². The van der Waals surface area contributed by atoms with Crippen molar-refractivity contribution in [2.75, 3.05) is 12.1 Å². The number of anilines is 1. The summed E-state index contributed by atoms with van der Waals surface area (Å²) in [6, 6.07) is 14.6. The summed E-state index contributed by atoms with van der Waals surface area (Å²) in [5.41, 5.74) is 2.05. The van der Waals surface area contributed by atoms with E-state index in [1.165, 1.54) is 11.9 Å². The highest BCUT2D eigenvalue weighted by Crippen LogP contribution is 2.31. The number of amides is 1. The Morgan fingerprint density at radius 3 is 2.36 bits per heavy atom. The van der Waals surface area contributed by atoms with Gasteiger partial charge < -0.3 is 9.47 Å². The molecular weight excluding hydrogens is 320 g/mol. The van der Waals surface area contributed by atoms with E-state index in [2.05, 4.69) is 15.1 Å². The van der Waals surface area contributed by atoms with Gasteiger partial charge in [-0.05, 0) is 36.4 Å².